The number of rotatable bonds is 2. The Kier molecular flexibility index (Phi) is 3.16. The molecule has 0 aliphatic carbocycles. The van der Waals surface area contributed by atoms with E-state index in [-0.39, 0.29) is 22.8 Å². The van der Waals surface area contributed by atoms with E-state index in [1.54, 1.807) is 13.0 Å². The fraction of sp³-hybridized carbons (Fsp3) is 0.231. The van der Waals surface area contributed by atoms with Crippen LogP contribution >= 0.6 is 0 Å². The number of aromatic amines is 1. The zero-order chi connectivity index (χ0) is 13.3. The molecular weight excluding hydrogens is 230 g/mol. The molecule has 0 aliphatic heterocycles. The van der Waals surface area contributed by atoms with Crippen molar-refractivity contribution < 1.29 is 5.11 Å². The van der Waals surface area contributed by atoms with Gasteiger partial charge in [-0.2, -0.15) is 4.98 Å². The highest BCUT2D eigenvalue weighted by Crippen LogP contribution is 2.24. The number of nitrogens with two attached hydrogens (primary N) is 1. The number of nitrogens with zero attached hydrogens (tertiary/aromatic N) is 1. The summed E-state index contributed by atoms with van der Waals surface area (Å²) in [5, 5.41) is 9.88. The van der Waals surface area contributed by atoms with Crippen molar-refractivity contribution >= 4 is 0 Å². The number of aromatic hydroxyl groups is 1. The van der Waals surface area contributed by atoms with Crippen molar-refractivity contribution in [3.8, 4) is 17.0 Å². The van der Waals surface area contributed by atoms with Gasteiger partial charge in [-0.25, -0.2) is 0 Å². The van der Waals surface area contributed by atoms with E-state index in [0.717, 1.165) is 5.56 Å². The van der Waals surface area contributed by atoms with Crippen molar-refractivity contribution in [1.82, 2.24) is 9.97 Å². The second kappa shape index (κ2) is 4.62. The standard InChI is InChI=1S/C13H15N3O2/c1-7-4-3-5-9(6-7)10-12(17)15-11(8(2)14)16-13(10)18/h3-6,8H,14H2,1-2H3,(H2,15,16,17,18). The average molecular weight is 245 g/mol. The van der Waals surface area contributed by atoms with E-state index < -0.39 is 6.04 Å². The van der Waals surface area contributed by atoms with Gasteiger partial charge in [-0.15, -0.1) is 0 Å². The van der Waals surface area contributed by atoms with Gasteiger partial charge in [-0.3, -0.25) is 4.79 Å². The maximum atomic E-state index is 12.0. The number of nitrogens with one attached hydrogen (secondary N) is 1. The van der Waals surface area contributed by atoms with Gasteiger partial charge in [-0.1, -0.05) is 29.8 Å². The maximum absolute atomic E-state index is 12.0. The summed E-state index contributed by atoms with van der Waals surface area (Å²) in [5.74, 6) is -0.0226. The molecule has 5 nitrogen and oxygen atoms in total. The van der Waals surface area contributed by atoms with Crippen molar-refractivity contribution in [3.63, 3.8) is 0 Å². The number of H-pyrrole nitrogens is 1. The zero-order valence-corrected chi connectivity index (χ0v) is 10.3. The van der Waals surface area contributed by atoms with Crippen LogP contribution in [-0.2, 0) is 0 Å². The van der Waals surface area contributed by atoms with Crippen LogP contribution in [0.4, 0.5) is 0 Å². The summed E-state index contributed by atoms with van der Waals surface area (Å²) in [4.78, 5) is 18.5. The molecule has 0 saturated carbocycles. The highest BCUT2D eigenvalue weighted by atomic mass is 16.3. The van der Waals surface area contributed by atoms with Crippen molar-refractivity contribution in [2.75, 3.05) is 0 Å². The van der Waals surface area contributed by atoms with Gasteiger partial charge in [0.1, 0.15) is 11.4 Å². The average Bonchev–Trinajstić information content (AvgIpc) is 2.27. The molecule has 1 unspecified atom stereocenters. The van der Waals surface area contributed by atoms with Gasteiger partial charge in [0.2, 0.25) is 5.88 Å². The van der Waals surface area contributed by atoms with Crippen LogP contribution in [0.5, 0.6) is 5.88 Å². The minimum Gasteiger partial charge on any atom is -0.493 e. The number of hydrogen-bond acceptors (Lipinski definition) is 4. The van der Waals surface area contributed by atoms with Crippen molar-refractivity contribution in [2.45, 2.75) is 19.9 Å². The van der Waals surface area contributed by atoms with Crippen LogP contribution < -0.4 is 11.3 Å². The van der Waals surface area contributed by atoms with Crippen molar-refractivity contribution in [2.24, 2.45) is 5.73 Å². The number of aromatic nitrogens is 2. The Morgan fingerprint density at radius 3 is 2.72 bits per heavy atom. The first kappa shape index (κ1) is 12.3. The predicted molar refractivity (Wildman–Crippen MR) is 69.3 cm³/mol. The van der Waals surface area contributed by atoms with Crippen molar-refractivity contribution in [3.05, 3.63) is 46.0 Å². The van der Waals surface area contributed by atoms with Gasteiger partial charge >= 0.3 is 0 Å². The van der Waals surface area contributed by atoms with Gasteiger partial charge in [0, 0.05) is 0 Å². The highest BCUT2D eigenvalue weighted by Gasteiger charge is 2.14. The summed E-state index contributed by atoms with van der Waals surface area (Å²) in [5.41, 5.74) is 7.04. The van der Waals surface area contributed by atoms with Crippen LogP contribution in [0.1, 0.15) is 24.4 Å². The molecule has 1 heterocycles. The third-order valence-electron chi connectivity index (χ3n) is 2.66. The maximum Gasteiger partial charge on any atom is 0.262 e. The van der Waals surface area contributed by atoms with E-state index in [9.17, 15) is 9.90 Å². The molecule has 5 heteroatoms. The van der Waals surface area contributed by atoms with Crippen LogP contribution in [0.25, 0.3) is 11.1 Å². The smallest absolute Gasteiger partial charge is 0.262 e. The predicted octanol–water partition coefficient (Wildman–Crippen LogP) is 1.47. The molecule has 0 bridgehead atoms. The fourth-order valence-electron chi connectivity index (χ4n) is 1.75. The molecule has 2 rings (SSSR count). The Bertz CT molecular complexity index is 632. The largest absolute Gasteiger partial charge is 0.493 e. The van der Waals surface area contributed by atoms with Gasteiger partial charge in [0.25, 0.3) is 5.56 Å². The van der Waals surface area contributed by atoms with Crippen LogP contribution in [-0.4, -0.2) is 15.1 Å². The minimum atomic E-state index is -0.435. The molecule has 18 heavy (non-hydrogen) atoms. The molecule has 2 aromatic rings. The summed E-state index contributed by atoms with van der Waals surface area (Å²) < 4.78 is 0. The lowest BCUT2D eigenvalue weighted by Crippen LogP contribution is -2.19. The molecule has 1 aromatic heterocycles. The molecule has 0 aliphatic rings. The van der Waals surface area contributed by atoms with E-state index in [0.29, 0.717) is 5.56 Å². The lowest BCUT2D eigenvalue weighted by molar-refractivity contribution is 0.447. The first-order chi connectivity index (χ1) is 8.49. The third-order valence-corrected chi connectivity index (χ3v) is 2.66. The quantitative estimate of drug-likeness (QED) is 0.747. The molecule has 0 radical (unpaired) electrons. The van der Waals surface area contributed by atoms with Gasteiger partial charge in [0.05, 0.1) is 6.04 Å². The van der Waals surface area contributed by atoms with Gasteiger partial charge < -0.3 is 15.8 Å². The first-order valence-electron chi connectivity index (χ1n) is 5.65. The fourth-order valence-corrected chi connectivity index (χ4v) is 1.75. The van der Waals surface area contributed by atoms with Crippen LogP contribution in [0.3, 0.4) is 0 Å². The van der Waals surface area contributed by atoms with E-state index in [4.69, 9.17) is 5.73 Å². The molecule has 4 N–H and O–H groups in total. The Morgan fingerprint density at radius 1 is 1.44 bits per heavy atom. The van der Waals surface area contributed by atoms with Gasteiger partial charge in [0.15, 0.2) is 0 Å². The van der Waals surface area contributed by atoms with Crippen molar-refractivity contribution in [1.29, 1.82) is 0 Å². The summed E-state index contributed by atoms with van der Waals surface area (Å²) in [7, 11) is 0. The normalized spacial score (nSPS) is 12.4. The second-order valence-electron chi connectivity index (χ2n) is 4.31. The number of aryl methyl sites for hydroxylation is 1. The number of benzene rings is 1. The summed E-state index contributed by atoms with van der Waals surface area (Å²) in [6.45, 7) is 3.60. The lowest BCUT2D eigenvalue weighted by atomic mass is 10.1. The summed E-state index contributed by atoms with van der Waals surface area (Å²) >= 11 is 0. The van der Waals surface area contributed by atoms with E-state index >= 15 is 0 Å². The molecule has 1 aromatic carbocycles. The Labute approximate surface area is 104 Å². The molecule has 0 saturated heterocycles. The van der Waals surface area contributed by atoms with E-state index in [1.165, 1.54) is 0 Å². The monoisotopic (exact) mass is 245 g/mol. The van der Waals surface area contributed by atoms with E-state index in [1.807, 2.05) is 25.1 Å². The molecule has 94 valence electrons. The summed E-state index contributed by atoms with van der Waals surface area (Å²) in [6.07, 6.45) is 0. The molecule has 0 spiro atoms. The Hall–Kier alpha value is -2.14. The third kappa shape index (κ3) is 2.26. The molecular formula is C13H15N3O2. The summed E-state index contributed by atoms with van der Waals surface area (Å²) in [6, 6.07) is 6.87. The van der Waals surface area contributed by atoms with Gasteiger partial charge in [-0.05, 0) is 19.4 Å². The van der Waals surface area contributed by atoms with Crippen LogP contribution in [0.15, 0.2) is 29.1 Å². The molecule has 0 amide bonds. The number of hydrogen-bond donors (Lipinski definition) is 3. The zero-order valence-electron chi connectivity index (χ0n) is 10.3. The lowest BCUT2D eigenvalue weighted by Gasteiger charge is -2.08. The Balaban J connectivity index is 2.63. The first-order valence-corrected chi connectivity index (χ1v) is 5.65. The Morgan fingerprint density at radius 2 is 2.17 bits per heavy atom. The molecule has 1 atom stereocenters. The van der Waals surface area contributed by atoms with Crippen LogP contribution in [0, 0.1) is 6.92 Å². The molecule has 0 fully saturated rings. The highest BCUT2D eigenvalue weighted by molar-refractivity contribution is 5.67. The topological polar surface area (TPSA) is 92.0 Å². The second-order valence-corrected chi connectivity index (χ2v) is 4.31. The van der Waals surface area contributed by atoms with Crippen LogP contribution in [0.2, 0.25) is 0 Å². The minimum absolute atomic E-state index is 0.170. The van der Waals surface area contributed by atoms with E-state index in [2.05, 4.69) is 9.97 Å². The SMILES string of the molecule is Cc1cccc(-c2c(O)nc(C(C)N)[nH]c2=O)c1.